The third-order valence-corrected chi connectivity index (χ3v) is 5.81. The van der Waals surface area contributed by atoms with Gasteiger partial charge in [0.2, 0.25) is 11.8 Å². The van der Waals surface area contributed by atoms with E-state index < -0.39 is 0 Å². The lowest BCUT2D eigenvalue weighted by Gasteiger charge is -2.39. The smallest absolute Gasteiger partial charge is 0.239 e. The molecule has 0 N–H and O–H groups in total. The summed E-state index contributed by atoms with van der Waals surface area (Å²) in [5.74, 6) is 0.341. The molecule has 2 aliphatic rings. The van der Waals surface area contributed by atoms with Crippen LogP contribution >= 0.6 is 11.3 Å². The van der Waals surface area contributed by atoms with E-state index in [1.807, 2.05) is 16.7 Å². The third-order valence-electron chi connectivity index (χ3n) is 4.78. The maximum Gasteiger partial charge on any atom is 0.239 e. The summed E-state index contributed by atoms with van der Waals surface area (Å²) < 4.78 is 0. The van der Waals surface area contributed by atoms with Gasteiger partial charge < -0.3 is 9.80 Å². The van der Waals surface area contributed by atoms with E-state index in [0.29, 0.717) is 0 Å². The van der Waals surface area contributed by atoms with E-state index in [9.17, 15) is 9.59 Å². The Hall–Kier alpha value is -1.40. The summed E-state index contributed by atoms with van der Waals surface area (Å²) in [6.07, 6.45) is 0.976. The summed E-state index contributed by atoms with van der Waals surface area (Å²) in [6.45, 7) is 8.18. The molecular formula is C16H23N3O2S. The Morgan fingerprint density at radius 2 is 1.86 bits per heavy atom. The van der Waals surface area contributed by atoms with Gasteiger partial charge in [-0.1, -0.05) is 0 Å². The van der Waals surface area contributed by atoms with E-state index in [1.54, 1.807) is 18.3 Å². The average Bonchev–Trinajstić information content (AvgIpc) is 3.01. The molecule has 2 amide bonds. The predicted molar refractivity (Wildman–Crippen MR) is 86.7 cm³/mol. The van der Waals surface area contributed by atoms with Crippen molar-refractivity contribution in [2.24, 2.45) is 0 Å². The first-order chi connectivity index (χ1) is 10.6. The SMILES string of the molecule is CC(=O)N1CCN(C(C)C(=O)N2CCc3sccc3C2)CC1. The van der Waals surface area contributed by atoms with Gasteiger partial charge in [-0.05, 0) is 30.4 Å². The number of fused-ring (bicyclic) bond motifs is 1. The molecule has 0 saturated carbocycles. The molecule has 3 heterocycles. The number of thiophene rings is 1. The second kappa shape index (κ2) is 6.38. The molecule has 1 aromatic rings. The topological polar surface area (TPSA) is 43.9 Å². The van der Waals surface area contributed by atoms with Crippen molar-refractivity contribution in [3.63, 3.8) is 0 Å². The quantitative estimate of drug-likeness (QED) is 0.822. The Labute approximate surface area is 135 Å². The summed E-state index contributed by atoms with van der Waals surface area (Å²) in [6, 6.07) is 2.03. The van der Waals surface area contributed by atoms with Crippen LogP contribution in [-0.4, -0.2) is 65.3 Å². The van der Waals surface area contributed by atoms with Crippen LogP contribution in [0.4, 0.5) is 0 Å². The van der Waals surface area contributed by atoms with Gasteiger partial charge in [0, 0.05) is 51.1 Å². The zero-order valence-corrected chi connectivity index (χ0v) is 14.1. The van der Waals surface area contributed by atoms with Crippen molar-refractivity contribution in [2.45, 2.75) is 32.9 Å². The van der Waals surface area contributed by atoms with Gasteiger partial charge in [-0.2, -0.15) is 0 Å². The highest BCUT2D eigenvalue weighted by Gasteiger charge is 2.30. The monoisotopic (exact) mass is 321 g/mol. The second-order valence-electron chi connectivity index (χ2n) is 6.10. The first-order valence-electron chi connectivity index (χ1n) is 7.90. The highest BCUT2D eigenvalue weighted by atomic mass is 32.1. The second-order valence-corrected chi connectivity index (χ2v) is 7.10. The van der Waals surface area contributed by atoms with E-state index in [0.717, 1.165) is 45.7 Å². The Morgan fingerprint density at radius 1 is 1.14 bits per heavy atom. The molecule has 6 heteroatoms. The van der Waals surface area contributed by atoms with Crippen molar-refractivity contribution in [3.8, 4) is 0 Å². The first-order valence-corrected chi connectivity index (χ1v) is 8.78. The summed E-state index contributed by atoms with van der Waals surface area (Å²) in [4.78, 5) is 31.6. The minimum absolute atomic E-state index is 0.103. The standard InChI is InChI=1S/C16H23N3O2S/c1-12(17-6-8-18(9-7-17)13(2)20)16(21)19-5-3-15-14(11-19)4-10-22-15/h4,10,12H,3,5-9,11H2,1-2H3. The molecule has 0 spiro atoms. The normalized spacial score (nSPS) is 20.6. The van der Waals surface area contributed by atoms with Crippen LogP contribution in [0.2, 0.25) is 0 Å². The molecule has 1 fully saturated rings. The van der Waals surface area contributed by atoms with Gasteiger partial charge in [0.05, 0.1) is 6.04 Å². The molecule has 3 rings (SSSR count). The molecule has 0 radical (unpaired) electrons. The number of carbonyl (C=O) groups excluding carboxylic acids is 2. The number of carbonyl (C=O) groups is 2. The summed E-state index contributed by atoms with van der Waals surface area (Å²) in [5, 5.41) is 2.11. The van der Waals surface area contributed by atoms with Crippen LogP contribution in [0.5, 0.6) is 0 Å². The summed E-state index contributed by atoms with van der Waals surface area (Å²) >= 11 is 1.79. The maximum absolute atomic E-state index is 12.8. The molecule has 2 aliphatic heterocycles. The Kier molecular flexibility index (Phi) is 4.49. The average molecular weight is 321 g/mol. The van der Waals surface area contributed by atoms with Crippen molar-refractivity contribution in [1.29, 1.82) is 0 Å². The van der Waals surface area contributed by atoms with E-state index in [1.165, 1.54) is 10.4 Å². The molecular weight excluding hydrogens is 298 g/mol. The molecule has 5 nitrogen and oxygen atoms in total. The highest BCUT2D eigenvalue weighted by Crippen LogP contribution is 2.24. The number of amides is 2. The van der Waals surface area contributed by atoms with Gasteiger partial charge in [-0.25, -0.2) is 0 Å². The molecule has 0 aliphatic carbocycles. The fourth-order valence-electron chi connectivity index (χ4n) is 3.28. The molecule has 1 aromatic heterocycles. The van der Waals surface area contributed by atoms with Gasteiger partial charge in [-0.15, -0.1) is 11.3 Å². The number of piperazine rings is 1. The lowest BCUT2D eigenvalue weighted by molar-refractivity contribution is -0.139. The number of hydrogen-bond acceptors (Lipinski definition) is 4. The molecule has 0 aromatic carbocycles. The van der Waals surface area contributed by atoms with Crippen LogP contribution in [0.3, 0.4) is 0 Å². The fraction of sp³-hybridized carbons (Fsp3) is 0.625. The van der Waals surface area contributed by atoms with Gasteiger partial charge >= 0.3 is 0 Å². The fourth-order valence-corrected chi connectivity index (χ4v) is 4.17. The van der Waals surface area contributed by atoms with Crippen LogP contribution in [0.1, 0.15) is 24.3 Å². The minimum Gasteiger partial charge on any atom is -0.340 e. The molecule has 1 saturated heterocycles. The van der Waals surface area contributed by atoms with Gasteiger partial charge in [0.15, 0.2) is 0 Å². The number of hydrogen-bond donors (Lipinski definition) is 0. The van der Waals surface area contributed by atoms with E-state index in [4.69, 9.17) is 0 Å². The highest BCUT2D eigenvalue weighted by molar-refractivity contribution is 7.10. The molecule has 1 atom stereocenters. The van der Waals surface area contributed by atoms with Gasteiger partial charge in [-0.3, -0.25) is 14.5 Å². The molecule has 120 valence electrons. The summed E-state index contributed by atoms with van der Waals surface area (Å²) in [7, 11) is 0. The van der Waals surface area contributed by atoms with E-state index in [-0.39, 0.29) is 17.9 Å². The lowest BCUT2D eigenvalue weighted by atomic mass is 10.1. The van der Waals surface area contributed by atoms with E-state index >= 15 is 0 Å². The van der Waals surface area contributed by atoms with Crippen molar-refractivity contribution >= 4 is 23.2 Å². The predicted octanol–water partition coefficient (Wildman–Crippen LogP) is 1.19. The van der Waals surface area contributed by atoms with Crippen molar-refractivity contribution < 1.29 is 9.59 Å². The Bertz CT molecular complexity index is 563. The van der Waals surface area contributed by atoms with Crippen LogP contribution in [0.15, 0.2) is 11.4 Å². The first kappa shape index (κ1) is 15.5. The van der Waals surface area contributed by atoms with Crippen molar-refractivity contribution in [3.05, 3.63) is 21.9 Å². The molecule has 1 unspecified atom stereocenters. The number of nitrogens with zero attached hydrogens (tertiary/aromatic N) is 3. The molecule has 0 bridgehead atoms. The van der Waals surface area contributed by atoms with Gasteiger partial charge in [0.1, 0.15) is 0 Å². The minimum atomic E-state index is -0.103. The van der Waals surface area contributed by atoms with Crippen molar-refractivity contribution in [2.75, 3.05) is 32.7 Å². The number of rotatable bonds is 2. The Balaban J connectivity index is 1.58. The third kappa shape index (κ3) is 3.03. The zero-order chi connectivity index (χ0) is 15.7. The van der Waals surface area contributed by atoms with Crippen molar-refractivity contribution in [1.82, 2.24) is 14.7 Å². The van der Waals surface area contributed by atoms with E-state index in [2.05, 4.69) is 16.3 Å². The van der Waals surface area contributed by atoms with Gasteiger partial charge in [0.25, 0.3) is 0 Å². The van der Waals surface area contributed by atoms with Crippen LogP contribution in [-0.2, 0) is 22.6 Å². The van der Waals surface area contributed by atoms with Crippen LogP contribution in [0, 0.1) is 0 Å². The maximum atomic E-state index is 12.8. The molecule has 22 heavy (non-hydrogen) atoms. The van der Waals surface area contributed by atoms with Crippen LogP contribution < -0.4 is 0 Å². The van der Waals surface area contributed by atoms with Crippen LogP contribution in [0.25, 0.3) is 0 Å². The Morgan fingerprint density at radius 3 is 2.55 bits per heavy atom. The largest absolute Gasteiger partial charge is 0.340 e. The lowest BCUT2D eigenvalue weighted by Crippen LogP contribution is -2.55. The summed E-state index contributed by atoms with van der Waals surface area (Å²) in [5.41, 5.74) is 1.30. The zero-order valence-electron chi connectivity index (χ0n) is 13.2.